The van der Waals surface area contributed by atoms with Gasteiger partial charge in [0, 0.05) is 49.4 Å². The van der Waals surface area contributed by atoms with E-state index in [2.05, 4.69) is 135 Å². The molecule has 0 fully saturated rings. The van der Waals surface area contributed by atoms with Crippen LogP contribution in [-0.2, 0) is 0 Å². The monoisotopic (exact) mass is 478 g/mol. The highest BCUT2D eigenvalue weighted by molar-refractivity contribution is 5.54. The minimum Gasteiger partial charge on any atom is -0.372 e. The Kier molecular flexibility index (Phi) is 9.06. The van der Waals surface area contributed by atoms with E-state index >= 15 is 0 Å². The molecule has 3 aromatic rings. The molecule has 1 unspecified atom stereocenters. The van der Waals surface area contributed by atoms with Gasteiger partial charge in [0.1, 0.15) is 0 Å². The predicted molar refractivity (Wildman–Crippen MR) is 157 cm³/mol. The van der Waals surface area contributed by atoms with Crippen molar-refractivity contribution in [3.63, 3.8) is 0 Å². The Labute approximate surface area is 219 Å². The largest absolute Gasteiger partial charge is 0.372 e. The lowest BCUT2D eigenvalue weighted by Crippen LogP contribution is -2.22. The Bertz CT molecular complexity index is 1060. The Morgan fingerprint density at radius 1 is 0.556 bits per heavy atom. The van der Waals surface area contributed by atoms with E-state index in [0.717, 1.165) is 39.0 Å². The van der Waals surface area contributed by atoms with Crippen molar-refractivity contribution in [2.45, 2.75) is 52.4 Å². The lowest BCUT2D eigenvalue weighted by atomic mass is 9.72. The molecule has 0 N–H and O–H groups in total. The maximum Gasteiger partial charge on any atom is 0.0366 e. The second-order valence-electron chi connectivity index (χ2n) is 9.58. The van der Waals surface area contributed by atoms with Gasteiger partial charge >= 0.3 is 0 Å². The summed E-state index contributed by atoms with van der Waals surface area (Å²) in [6.07, 6.45) is 9.41. The standard InChI is InChI=1S/C34H42N2/c1-5-35(6-2)31-23-19-29(20-24-31)34(30-21-25-32(26-22-30)36(7-3)8-4)33(27-15-11-9-12-16-27)28-17-13-10-14-18-28/h9,11-13,15-26,33-34H,5-8,10,14H2,1-4H3. The van der Waals surface area contributed by atoms with Gasteiger partial charge in [-0.05, 0) is 87.1 Å². The zero-order chi connectivity index (χ0) is 25.3. The van der Waals surface area contributed by atoms with Crippen LogP contribution in [-0.4, -0.2) is 26.2 Å². The van der Waals surface area contributed by atoms with E-state index in [1.165, 1.54) is 33.6 Å². The SMILES string of the molecule is CCN(CC)c1ccc(C(c2ccc(N(CC)CC)cc2)C(C2=CCCC=C2)c2ccccc2)cc1. The fraction of sp³-hybridized carbons (Fsp3) is 0.353. The normalized spacial score (nSPS) is 14.0. The molecular formula is C34H42N2. The van der Waals surface area contributed by atoms with Gasteiger partial charge in [-0.3, -0.25) is 0 Å². The Hall–Kier alpha value is -3.26. The summed E-state index contributed by atoms with van der Waals surface area (Å²) in [6, 6.07) is 29.8. The van der Waals surface area contributed by atoms with Crippen molar-refractivity contribution >= 4 is 11.4 Å². The highest BCUT2D eigenvalue weighted by Gasteiger charge is 2.29. The van der Waals surface area contributed by atoms with Gasteiger partial charge < -0.3 is 9.80 Å². The molecule has 2 heteroatoms. The van der Waals surface area contributed by atoms with Crippen molar-refractivity contribution in [1.29, 1.82) is 0 Å². The van der Waals surface area contributed by atoms with Crippen molar-refractivity contribution < 1.29 is 0 Å². The van der Waals surface area contributed by atoms with Gasteiger partial charge in [0.05, 0.1) is 0 Å². The minimum atomic E-state index is 0.234. The molecule has 0 saturated carbocycles. The van der Waals surface area contributed by atoms with Gasteiger partial charge in [-0.2, -0.15) is 0 Å². The van der Waals surface area contributed by atoms with Crippen molar-refractivity contribution in [3.8, 4) is 0 Å². The summed E-state index contributed by atoms with van der Waals surface area (Å²) in [5.41, 5.74) is 8.14. The van der Waals surface area contributed by atoms with Crippen LogP contribution in [0.25, 0.3) is 0 Å². The Morgan fingerprint density at radius 3 is 1.44 bits per heavy atom. The molecule has 36 heavy (non-hydrogen) atoms. The quantitative estimate of drug-likeness (QED) is 0.272. The van der Waals surface area contributed by atoms with Crippen LogP contribution >= 0.6 is 0 Å². The third-order valence-corrected chi connectivity index (χ3v) is 7.64. The summed E-state index contributed by atoms with van der Waals surface area (Å²) in [5.74, 6) is 0.499. The van der Waals surface area contributed by atoms with Crippen LogP contribution in [0.5, 0.6) is 0 Å². The van der Waals surface area contributed by atoms with E-state index in [-0.39, 0.29) is 11.8 Å². The number of benzene rings is 3. The zero-order valence-corrected chi connectivity index (χ0v) is 22.5. The highest BCUT2D eigenvalue weighted by Crippen LogP contribution is 2.45. The first-order chi connectivity index (χ1) is 17.7. The Balaban J connectivity index is 1.84. The summed E-state index contributed by atoms with van der Waals surface area (Å²) in [6.45, 7) is 13.0. The second kappa shape index (κ2) is 12.6. The van der Waals surface area contributed by atoms with Crippen molar-refractivity contribution in [3.05, 3.63) is 119 Å². The highest BCUT2D eigenvalue weighted by atomic mass is 15.1. The van der Waals surface area contributed by atoms with Gasteiger partial charge in [-0.1, -0.05) is 72.8 Å². The van der Waals surface area contributed by atoms with E-state index in [4.69, 9.17) is 0 Å². The molecule has 1 aliphatic carbocycles. The summed E-state index contributed by atoms with van der Waals surface area (Å²) in [5, 5.41) is 0. The van der Waals surface area contributed by atoms with Gasteiger partial charge in [0.25, 0.3) is 0 Å². The number of allylic oxidation sites excluding steroid dienone is 4. The molecule has 0 aliphatic heterocycles. The van der Waals surface area contributed by atoms with E-state index < -0.39 is 0 Å². The number of rotatable bonds is 11. The molecule has 1 atom stereocenters. The van der Waals surface area contributed by atoms with Crippen LogP contribution in [0.1, 0.15) is 69.1 Å². The van der Waals surface area contributed by atoms with Crippen LogP contribution in [0.4, 0.5) is 11.4 Å². The molecule has 0 spiro atoms. The van der Waals surface area contributed by atoms with Crippen molar-refractivity contribution in [2.24, 2.45) is 0 Å². The molecule has 0 amide bonds. The molecule has 4 rings (SSSR count). The number of hydrogen-bond donors (Lipinski definition) is 0. The topological polar surface area (TPSA) is 6.48 Å². The molecule has 0 aromatic heterocycles. The number of anilines is 2. The van der Waals surface area contributed by atoms with Crippen LogP contribution in [0.3, 0.4) is 0 Å². The summed E-state index contributed by atoms with van der Waals surface area (Å²) in [7, 11) is 0. The van der Waals surface area contributed by atoms with Crippen molar-refractivity contribution in [2.75, 3.05) is 36.0 Å². The first-order valence-corrected chi connectivity index (χ1v) is 13.8. The van der Waals surface area contributed by atoms with Gasteiger partial charge in [-0.15, -0.1) is 0 Å². The molecular weight excluding hydrogens is 436 g/mol. The average Bonchev–Trinajstić information content (AvgIpc) is 2.95. The first-order valence-electron chi connectivity index (χ1n) is 13.8. The molecule has 0 heterocycles. The fourth-order valence-electron chi connectivity index (χ4n) is 5.64. The average molecular weight is 479 g/mol. The number of nitrogens with zero attached hydrogens (tertiary/aromatic N) is 2. The molecule has 1 aliphatic rings. The first kappa shape index (κ1) is 25.8. The third kappa shape index (κ3) is 5.75. The summed E-state index contributed by atoms with van der Waals surface area (Å²) >= 11 is 0. The van der Waals surface area contributed by atoms with Crippen LogP contribution in [0.2, 0.25) is 0 Å². The Morgan fingerprint density at radius 2 is 1.03 bits per heavy atom. The van der Waals surface area contributed by atoms with E-state index in [9.17, 15) is 0 Å². The van der Waals surface area contributed by atoms with Crippen LogP contribution < -0.4 is 9.80 Å². The summed E-state index contributed by atoms with van der Waals surface area (Å²) < 4.78 is 0. The van der Waals surface area contributed by atoms with Gasteiger partial charge in [0.15, 0.2) is 0 Å². The van der Waals surface area contributed by atoms with Crippen LogP contribution in [0, 0.1) is 0 Å². The molecule has 0 bridgehead atoms. The molecule has 0 radical (unpaired) electrons. The smallest absolute Gasteiger partial charge is 0.0366 e. The molecule has 0 saturated heterocycles. The van der Waals surface area contributed by atoms with E-state index in [1.807, 2.05) is 0 Å². The number of hydrogen-bond acceptors (Lipinski definition) is 2. The van der Waals surface area contributed by atoms with E-state index in [0.29, 0.717) is 0 Å². The minimum absolute atomic E-state index is 0.234. The lowest BCUT2D eigenvalue weighted by Gasteiger charge is -2.32. The van der Waals surface area contributed by atoms with Gasteiger partial charge in [0.2, 0.25) is 0 Å². The van der Waals surface area contributed by atoms with Crippen molar-refractivity contribution in [1.82, 2.24) is 0 Å². The maximum atomic E-state index is 2.46. The molecule has 3 aromatic carbocycles. The third-order valence-electron chi connectivity index (χ3n) is 7.64. The molecule has 188 valence electrons. The zero-order valence-electron chi connectivity index (χ0n) is 22.5. The molecule has 2 nitrogen and oxygen atoms in total. The lowest BCUT2D eigenvalue weighted by molar-refractivity contribution is 0.685. The summed E-state index contributed by atoms with van der Waals surface area (Å²) in [4.78, 5) is 4.83. The van der Waals surface area contributed by atoms with E-state index in [1.54, 1.807) is 0 Å². The van der Waals surface area contributed by atoms with Crippen LogP contribution in [0.15, 0.2) is 103 Å². The second-order valence-corrected chi connectivity index (χ2v) is 9.58. The predicted octanol–water partition coefficient (Wildman–Crippen LogP) is 8.57. The maximum absolute atomic E-state index is 2.46. The fourth-order valence-corrected chi connectivity index (χ4v) is 5.64. The van der Waals surface area contributed by atoms with Gasteiger partial charge in [-0.25, -0.2) is 0 Å².